The fraction of sp³-hybridized carbons (Fsp3) is 0.400. The Morgan fingerprint density at radius 3 is 1.25 bits per heavy atom. The van der Waals surface area contributed by atoms with Crippen molar-refractivity contribution in [3.8, 4) is 0 Å². The molecule has 0 aliphatic rings. The van der Waals surface area contributed by atoms with Crippen molar-refractivity contribution in [3.05, 3.63) is 71.8 Å². The Kier molecular flexibility index (Phi) is 6.98. The van der Waals surface area contributed by atoms with Gasteiger partial charge in [-0.1, -0.05) is 60.7 Å². The average Bonchev–Trinajstić information content (AvgIpc) is 2.59. The topological polar surface area (TPSA) is 18.5 Å². The second-order valence-electron chi connectivity index (χ2n) is 7.57. The zero-order valence-corrected chi connectivity index (χ0v) is 17.4. The largest absolute Gasteiger partial charge is 0.413 e. The van der Waals surface area contributed by atoms with Crippen molar-refractivity contribution in [3.63, 3.8) is 0 Å². The lowest BCUT2D eigenvalue weighted by atomic mass is 10.2. The lowest BCUT2D eigenvalue weighted by Gasteiger charge is -2.28. The first-order valence-corrected chi connectivity index (χ1v) is 15.0. The minimum atomic E-state index is -1.65. The number of rotatable bonds is 9. The van der Waals surface area contributed by atoms with Crippen molar-refractivity contribution in [2.24, 2.45) is 0 Å². The smallest absolute Gasteiger partial charge is 0.187 e. The summed E-state index contributed by atoms with van der Waals surface area (Å²) >= 11 is 0. The first-order chi connectivity index (χ1) is 11.4. The van der Waals surface area contributed by atoms with E-state index >= 15 is 0 Å². The molecular weight excluding hydrogens is 328 g/mol. The van der Waals surface area contributed by atoms with Gasteiger partial charge in [0.15, 0.2) is 16.6 Å². The van der Waals surface area contributed by atoms with Crippen molar-refractivity contribution in [2.45, 2.75) is 51.5 Å². The molecular formula is C20H30O2Si2. The minimum absolute atomic E-state index is 0.729. The van der Waals surface area contributed by atoms with Crippen molar-refractivity contribution in [1.82, 2.24) is 0 Å². The molecule has 2 rings (SSSR count). The Balaban J connectivity index is 1.76. The van der Waals surface area contributed by atoms with E-state index in [1.807, 2.05) is 12.1 Å². The Labute approximate surface area is 149 Å². The first-order valence-electron chi connectivity index (χ1n) is 8.72. The lowest BCUT2D eigenvalue weighted by Crippen LogP contribution is -2.36. The Bertz CT molecular complexity index is 542. The van der Waals surface area contributed by atoms with Gasteiger partial charge < -0.3 is 8.85 Å². The Morgan fingerprint density at radius 1 is 0.583 bits per heavy atom. The van der Waals surface area contributed by atoms with Gasteiger partial charge in [0.1, 0.15) is 0 Å². The van der Waals surface area contributed by atoms with Gasteiger partial charge in [-0.2, -0.15) is 0 Å². The standard InChI is InChI=1S/C20H30O2Si2/c1-23(2,21-17-19-11-7-5-8-12-19)15-16-24(3,4)22-18-20-13-9-6-10-14-20/h5-14H,15-18H2,1-4H3. The van der Waals surface area contributed by atoms with Crippen molar-refractivity contribution < 1.29 is 8.85 Å². The van der Waals surface area contributed by atoms with Gasteiger partial charge in [0.05, 0.1) is 13.2 Å². The van der Waals surface area contributed by atoms with Crippen molar-refractivity contribution in [1.29, 1.82) is 0 Å². The third kappa shape index (κ3) is 7.13. The molecule has 0 aromatic heterocycles. The zero-order valence-electron chi connectivity index (χ0n) is 15.4. The van der Waals surface area contributed by atoms with Crippen LogP contribution in [0.2, 0.25) is 38.3 Å². The summed E-state index contributed by atoms with van der Waals surface area (Å²) in [5.74, 6) is 0. The van der Waals surface area contributed by atoms with Crippen LogP contribution in [0.1, 0.15) is 11.1 Å². The molecule has 0 radical (unpaired) electrons. The number of benzene rings is 2. The van der Waals surface area contributed by atoms with Crippen LogP contribution in [-0.4, -0.2) is 16.6 Å². The molecule has 4 heteroatoms. The molecule has 0 fully saturated rings. The summed E-state index contributed by atoms with van der Waals surface area (Å²) in [6.45, 7) is 10.7. The molecule has 0 N–H and O–H groups in total. The van der Waals surface area contributed by atoms with E-state index in [2.05, 4.69) is 74.7 Å². The SMILES string of the molecule is C[Si](C)(CC[Si](C)(C)OCc1ccccc1)OCc1ccccc1. The molecule has 2 aromatic carbocycles. The number of hydrogen-bond acceptors (Lipinski definition) is 2. The van der Waals surface area contributed by atoms with Crippen LogP contribution in [0.4, 0.5) is 0 Å². The molecule has 0 amide bonds. The van der Waals surface area contributed by atoms with Crippen molar-refractivity contribution in [2.75, 3.05) is 0 Å². The van der Waals surface area contributed by atoms with E-state index in [0.29, 0.717) is 0 Å². The maximum absolute atomic E-state index is 6.28. The van der Waals surface area contributed by atoms with E-state index in [4.69, 9.17) is 8.85 Å². The predicted molar refractivity (Wildman–Crippen MR) is 107 cm³/mol. The quantitative estimate of drug-likeness (QED) is 0.525. The van der Waals surface area contributed by atoms with Gasteiger partial charge >= 0.3 is 0 Å². The van der Waals surface area contributed by atoms with E-state index in [0.717, 1.165) is 25.3 Å². The summed E-state index contributed by atoms with van der Waals surface area (Å²) in [4.78, 5) is 0. The van der Waals surface area contributed by atoms with Crippen LogP contribution in [0.25, 0.3) is 0 Å². The molecule has 24 heavy (non-hydrogen) atoms. The molecule has 2 aromatic rings. The molecule has 0 aliphatic carbocycles. The van der Waals surface area contributed by atoms with E-state index in [9.17, 15) is 0 Å². The van der Waals surface area contributed by atoms with Gasteiger partial charge in [-0.15, -0.1) is 0 Å². The van der Waals surface area contributed by atoms with Gasteiger partial charge in [-0.25, -0.2) is 0 Å². The van der Waals surface area contributed by atoms with Crippen LogP contribution in [0.15, 0.2) is 60.7 Å². The summed E-state index contributed by atoms with van der Waals surface area (Å²) in [6.07, 6.45) is 0. The highest BCUT2D eigenvalue weighted by atomic mass is 28.4. The van der Waals surface area contributed by atoms with E-state index in [1.54, 1.807) is 0 Å². The molecule has 0 heterocycles. The van der Waals surface area contributed by atoms with Crippen molar-refractivity contribution >= 4 is 16.6 Å². The normalized spacial score (nSPS) is 12.3. The fourth-order valence-corrected chi connectivity index (χ4v) is 8.67. The maximum Gasteiger partial charge on any atom is 0.187 e. The average molecular weight is 359 g/mol. The number of hydrogen-bond donors (Lipinski definition) is 0. The zero-order chi connectivity index (χ0) is 17.5. The maximum atomic E-state index is 6.28. The molecule has 0 spiro atoms. The monoisotopic (exact) mass is 358 g/mol. The molecule has 0 bridgehead atoms. The minimum Gasteiger partial charge on any atom is -0.413 e. The Morgan fingerprint density at radius 2 is 0.917 bits per heavy atom. The van der Waals surface area contributed by atoms with E-state index < -0.39 is 16.6 Å². The summed E-state index contributed by atoms with van der Waals surface area (Å²) < 4.78 is 12.6. The first kappa shape index (κ1) is 19.1. The molecule has 0 aliphatic heterocycles. The summed E-state index contributed by atoms with van der Waals surface area (Å²) in [6, 6.07) is 23.2. The molecule has 0 atom stereocenters. The molecule has 0 saturated carbocycles. The van der Waals surface area contributed by atoms with E-state index in [1.165, 1.54) is 11.1 Å². The van der Waals surface area contributed by atoms with Crippen LogP contribution >= 0.6 is 0 Å². The van der Waals surface area contributed by atoms with Crippen LogP contribution in [0.3, 0.4) is 0 Å². The third-order valence-electron chi connectivity index (χ3n) is 4.27. The molecule has 0 unspecified atom stereocenters. The van der Waals surface area contributed by atoms with Crippen LogP contribution in [0.5, 0.6) is 0 Å². The highest BCUT2D eigenvalue weighted by molar-refractivity contribution is 6.76. The fourth-order valence-electron chi connectivity index (χ4n) is 2.45. The highest BCUT2D eigenvalue weighted by Crippen LogP contribution is 2.24. The van der Waals surface area contributed by atoms with Gasteiger partial charge in [-0.3, -0.25) is 0 Å². The summed E-state index contributed by atoms with van der Waals surface area (Å²) in [5.41, 5.74) is 2.52. The van der Waals surface area contributed by atoms with Gasteiger partial charge in [0.25, 0.3) is 0 Å². The molecule has 130 valence electrons. The highest BCUT2D eigenvalue weighted by Gasteiger charge is 2.29. The Hall–Kier alpha value is -1.21. The van der Waals surface area contributed by atoms with E-state index in [-0.39, 0.29) is 0 Å². The molecule has 0 saturated heterocycles. The second-order valence-corrected chi connectivity index (χ2v) is 16.2. The third-order valence-corrected chi connectivity index (χ3v) is 9.53. The van der Waals surface area contributed by atoms with Gasteiger partial charge in [-0.05, 0) is 49.4 Å². The van der Waals surface area contributed by atoms with Crippen LogP contribution < -0.4 is 0 Å². The summed E-state index contributed by atoms with van der Waals surface area (Å²) in [7, 11) is -3.30. The van der Waals surface area contributed by atoms with Crippen LogP contribution in [-0.2, 0) is 22.1 Å². The predicted octanol–water partition coefficient (Wildman–Crippen LogP) is 5.83. The molecule has 2 nitrogen and oxygen atoms in total. The van der Waals surface area contributed by atoms with Crippen LogP contribution in [0, 0.1) is 0 Å². The lowest BCUT2D eigenvalue weighted by molar-refractivity contribution is 0.287. The summed E-state index contributed by atoms with van der Waals surface area (Å²) in [5, 5.41) is 0. The second kappa shape index (κ2) is 8.76. The van der Waals surface area contributed by atoms with Gasteiger partial charge in [0, 0.05) is 0 Å². The van der Waals surface area contributed by atoms with Gasteiger partial charge in [0.2, 0.25) is 0 Å².